The summed E-state index contributed by atoms with van der Waals surface area (Å²) in [7, 11) is 1.94. The summed E-state index contributed by atoms with van der Waals surface area (Å²) < 4.78 is 1.94. The minimum Gasteiger partial charge on any atom is -0.356 e. The maximum atomic E-state index is 12.7. The van der Waals surface area contributed by atoms with E-state index in [4.69, 9.17) is 0 Å². The molecule has 0 unspecified atom stereocenters. The van der Waals surface area contributed by atoms with Crippen LogP contribution < -0.4 is 5.43 Å². The van der Waals surface area contributed by atoms with E-state index in [0.29, 0.717) is 0 Å². The Kier molecular flexibility index (Phi) is 3.21. The fourth-order valence-corrected chi connectivity index (χ4v) is 2.35. The third kappa shape index (κ3) is 2.28. The van der Waals surface area contributed by atoms with Gasteiger partial charge in [0, 0.05) is 30.6 Å². The first-order valence-corrected chi connectivity index (χ1v) is 6.57. The number of pyridine rings is 1. The summed E-state index contributed by atoms with van der Waals surface area (Å²) in [6.45, 7) is 0. The van der Waals surface area contributed by atoms with Gasteiger partial charge in [-0.25, -0.2) is 0 Å². The zero-order valence-electron chi connectivity index (χ0n) is 11.3. The van der Waals surface area contributed by atoms with Gasteiger partial charge in [0.1, 0.15) is 0 Å². The second-order valence-electron chi connectivity index (χ2n) is 4.81. The number of hydrogen-bond donors (Lipinski definition) is 0. The molecule has 0 aliphatic heterocycles. The molecule has 2 heteroatoms. The van der Waals surface area contributed by atoms with Crippen molar-refractivity contribution in [1.29, 1.82) is 0 Å². The van der Waals surface area contributed by atoms with Crippen LogP contribution >= 0.6 is 0 Å². The van der Waals surface area contributed by atoms with Crippen LogP contribution in [0.3, 0.4) is 0 Å². The van der Waals surface area contributed by atoms with Gasteiger partial charge in [-0.15, -0.1) is 0 Å². The fourth-order valence-electron chi connectivity index (χ4n) is 2.35. The Bertz CT molecular complexity index is 710. The van der Waals surface area contributed by atoms with Crippen LogP contribution in [0.4, 0.5) is 0 Å². The highest BCUT2D eigenvalue weighted by Crippen LogP contribution is 2.20. The van der Waals surface area contributed by atoms with E-state index in [1.165, 1.54) is 0 Å². The van der Waals surface area contributed by atoms with Gasteiger partial charge in [-0.1, -0.05) is 60.7 Å². The largest absolute Gasteiger partial charge is 0.356 e. The minimum atomic E-state index is 0.0699. The van der Waals surface area contributed by atoms with Gasteiger partial charge < -0.3 is 4.57 Å². The van der Waals surface area contributed by atoms with E-state index in [1.807, 2.05) is 84.7 Å². The van der Waals surface area contributed by atoms with E-state index in [-0.39, 0.29) is 5.43 Å². The monoisotopic (exact) mass is 261 g/mol. The van der Waals surface area contributed by atoms with Gasteiger partial charge in [0.05, 0.1) is 0 Å². The molecule has 98 valence electrons. The van der Waals surface area contributed by atoms with Crippen molar-refractivity contribution in [2.24, 2.45) is 7.05 Å². The number of hydrogen-bond acceptors (Lipinski definition) is 1. The summed E-state index contributed by atoms with van der Waals surface area (Å²) in [5, 5.41) is 0. The first-order valence-electron chi connectivity index (χ1n) is 6.57. The molecule has 2 nitrogen and oxygen atoms in total. The number of nitrogens with zero attached hydrogens (tertiary/aromatic N) is 1. The van der Waals surface area contributed by atoms with Gasteiger partial charge >= 0.3 is 0 Å². The number of aryl methyl sites for hydroxylation is 1. The predicted octanol–water partition coefficient (Wildman–Crippen LogP) is 3.72. The van der Waals surface area contributed by atoms with Crippen molar-refractivity contribution in [2.75, 3.05) is 0 Å². The van der Waals surface area contributed by atoms with Crippen molar-refractivity contribution in [3.63, 3.8) is 0 Å². The zero-order valence-corrected chi connectivity index (χ0v) is 11.3. The number of aromatic nitrogens is 1. The van der Waals surface area contributed by atoms with Gasteiger partial charge in [-0.3, -0.25) is 4.79 Å². The van der Waals surface area contributed by atoms with Gasteiger partial charge in [-0.2, -0.15) is 0 Å². The number of benzene rings is 2. The first-order chi connectivity index (χ1) is 9.75. The second kappa shape index (κ2) is 5.17. The second-order valence-corrected chi connectivity index (χ2v) is 4.81. The zero-order chi connectivity index (χ0) is 13.9. The summed E-state index contributed by atoms with van der Waals surface area (Å²) in [6.07, 6.45) is 3.76. The van der Waals surface area contributed by atoms with Crippen LogP contribution in [-0.2, 0) is 7.05 Å². The summed E-state index contributed by atoms with van der Waals surface area (Å²) in [5.41, 5.74) is 3.43. The van der Waals surface area contributed by atoms with Crippen molar-refractivity contribution in [2.45, 2.75) is 0 Å². The first kappa shape index (κ1) is 12.4. The summed E-state index contributed by atoms with van der Waals surface area (Å²) in [5.74, 6) is 0. The average Bonchev–Trinajstić information content (AvgIpc) is 2.51. The predicted molar refractivity (Wildman–Crippen MR) is 82.6 cm³/mol. The average molecular weight is 261 g/mol. The molecule has 0 aliphatic carbocycles. The quantitative estimate of drug-likeness (QED) is 0.689. The highest BCUT2D eigenvalue weighted by molar-refractivity contribution is 5.71. The van der Waals surface area contributed by atoms with Crippen molar-refractivity contribution in [1.82, 2.24) is 4.57 Å². The Hall–Kier alpha value is -2.61. The topological polar surface area (TPSA) is 22.0 Å². The summed E-state index contributed by atoms with van der Waals surface area (Å²) >= 11 is 0. The van der Waals surface area contributed by atoms with Gasteiger partial charge in [-0.05, 0) is 11.1 Å². The molecule has 0 fully saturated rings. The van der Waals surface area contributed by atoms with Crippen LogP contribution in [0.15, 0.2) is 77.9 Å². The minimum absolute atomic E-state index is 0.0699. The van der Waals surface area contributed by atoms with E-state index in [2.05, 4.69) is 0 Å². The summed E-state index contributed by atoms with van der Waals surface area (Å²) in [6, 6.07) is 19.6. The summed E-state index contributed by atoms with van der Waals surface area (Å²) in [4.78, 5) is 12.7. The van der Waals surface area contributed by atoms with Crippen LogP contribution in [0.25, 0.3) is 22.3 Å². The molecule has 3 rings (SSSR count). The molecular weight excluding hydrogens is 246 g/mol. The van der Waals surface area contributed by atoms with Crippen LogP contribution in [0.2, 0.25) is 0 Å². The third-order valence-corrected chi connectivity index (χ3v) is 3.32. The smallest absolute Gasteiger partial charge is 0.197 e. The molecule has 0 amide bonds. The highest BCUT2D eigenvalue weighted by atomic mass is 16.1. The Morgan fingerprint density at radius 3 is 1.50 bits per heavy atom. The number of rotatable bonds is 2. The van der Waals surface area contributed by atoms with Crippen LogP contribution in [-0.4, -0.2) is 4.57 Å². The van der Waals surface area contributed by atoms with E-state index >= 15 is 0 Å². The van der Waals surface area contributed by atoms with E-state index < -0.39 is 0 Å². The highest BCUT2D eigenvalue weighted by Gasteiger charge is 2.09. The molecule has 0 N–H and O–H groups in total. The molecule has 0 bridgehead atoms. The molecule has 3 aromatic rings. The van der Waals surface area contributed by atoms with Crippen LogP contribution in [0.5, 0.6) is 0 Å². The lowest BCUT2D eigenvalue weighted by molar-refractivity contribution is 0.904. The molecule has 0 saturated heterocycles. The maximum Gasteiger partial charge on any atom is 0.197 e. The molecule has 2 aromatic carbocycles. The van der Waals surface area contributed by atoms with Crippen molar-refractivity contribution >= 4 is 0 Å². The van der Waals surface area contributed by atoms with Crippen LogP contribution in [0, 0.1) is 0 Å². The van der Waals surface area contributed by atoms with E-state index in [1.54, 1.807) is 0 Å². The van der Waals surface area contributed by atoms with Crippen LogP contribution in [0.1, 0.15) is 0 Å². The SMILES string of the molecule is Cn1cc(-c2ccccc2)c(=O)c(-c2ccccc2)c1. The normalized spacial score (nSPS) is 10.4. The lowest BCUT2D eigenvalue weighted by atomic mass is 10.0. The molecule has 1 aromatic heterocycles. The van der Waals surface area contributed by atoms with Gasteiger partial charge in [0.25, 0.3) is 0 Å². The van der Waals surface area contributed by atoms with Gasteiger partial charge in [0.2, 0.25) is 0 Å². The third-order valence-electron chi connectivity index (χ3n) is 3.32. The Morgan fingerprint density at radius 1 is 0.700 bits per heavy atom. The molecule has 0 radical (unpaired) electrons. The molecular formula is C18H15NO. The van der Waals surface area contributed by atoms with Crippen molar-refractivity contribution in [3.05, 3.63) is 83.3 Å². The Labute approximate surface area is 118 Å². The standard InChI is InChI=1S/C18H15NO/c1-19-12-16(14-8-4-2-5-9-14)18(20)17(13-19)15-10-6-3-7-11-15/h2-13H,1H3. The van der Waals surface area contributed by atoms with E-state index in [9.17, 15) is 4.79 Å². The fraction of sp³-hybridized carbons (Fsp3) is 0.0556. The molecule has 1 heterocycles. The molecule has 0 atom stereocenters. The molecule has 20 heavy (non-hydrogen) atoms. The van der Waals surface area contributed by atoms with Crippen molar-refractivity contribution in [3.8, 4) is 22.3 Å². The Morgan fingerprint density at radius 2 is 1.10 bits per heavy atom. The van der Waals surface area contributed by atoms with Crippen molar-refractivity contribution < 1.29 is 0 Å². The molecule has 0 saturated carbocycles. The van der Waals surface area contributed by atoms with E-state index in [0.717, 1.165) is 22.3 Å². The molecule has 0 aliphatic rings. The molecule has 0 spiro atoms. The lowest BCUT2D eigenvalue weighted by Crippen LogP contribution is -2.11. The lowest BCUT2D eigenvalue weighted by Gasteiger charge is -2.09. The Balaban J connectivity index is 2.25. The van der Waals surface area contributed by atoms with Gasteiger partial charge in [0.15, 0.2) is 5.43 Å². The maximum absolute atomic E-state index is 12.7.